The van der Waals surface area contributed by atoms with Gasteiger partial charge in [0.25, 0.3) is 5.91 Å². The van der Waals surface area contributed by atoms with Crippen LogP contribution in [-0.4, -0.2) is 91.3 Å². The Morgan fingerprint density at radius 1 is 1.07 bits per heavy atom. The first kappa shape index (κ1) is 34.3. The van der Waals surface area contributed by atoms with Gasteiger partial charge in [-0.25, -0.2) is 4.79 Å². The van der Waals surface area contributed by atoms with Crippen LogP contribution in [-0.2, 0) is 11.3 Å². The zero-order valence-corrected chi connectivity index (χ0v) is 27.5. The molecule has 2 heterocycles. The molecule has 2 aromatic rings. The second-order valence-electron chi connectivity index (χ2n) is 12.6. The maximum atomic E-state index is 14.3. The smallest absolute Gasteiger partial charge is 0.319 e. The van der Waals surface area contributed by atoms with E-state index in [2.05, 4.69) is 29.5 Å². The molecule has 0 saturated heterocycles. The number of aliphatic hydroxyl groups is 1. The highest BCUT2D eigenvalue weighted by molar-refractivity contribution is 5.99. The lowest BCUT2D eigenvalue weighted by molar-refractivity contribution is -0.0177. The van der Waals surface area contributed by atoms with Gasteiger partial charge >= 0.3 is 6.03 Å². The number of nitrogens with zero attached hydrogens (tertiary/aromatic N) is 2. The summed E-state index contributed by atoms with van der Waals surface area (Å²) in [7, 11) is 2.06. The summed E-state index contributed by atoms with van der Waals surface area (Å²) < 4.78 is 23.8. The van der Waals surface area contributed by atoms with Crippen molar-refractivity contribution in [2.24, 2.45) is 5.92 Å². The molecular formula is C34H50N4O7. The molecule has 248 valence electrons. The number of hydrogen-bond donors (Lipinski definition) is 3. The quantitative estimate of drug-likeness (QED) is 0.380. The lowest BCUT2D eigenvalue weighted by Crippen LogP contribution is -2.47. The van der Waals surface area contributed by atoms with Crippen LogP contribution in [0.1, 0.15) is 69.8 Å². The molecule has 2 aromatic carbocycles. The van der Waals surface area contributed by atoms with Crippen molar-refractivity contribution in [3.63, 3.8) is 0 Å². The first-order chi connectivity index (χ1) is 21.5. The van der Waals surface area contributed by atoms with Crippen LogP contribution in [0.2, 0.25) is 0 Å². The zero-order chi connectivity index (χ0) is 32.5. The summed E-state index contributed by atoms with van der Waals surface area (Å²) in [6.07, 6.45) is 2.32. The molecule has 11 heteroatoms. The molecule has 2 aliphatic rings. The number of amides is 3. The van der Waals surface area contributed by atoms with Gasteiger partial charge in [-0.3, -0.25) is 9.69 Å². The van der Waals surface area contributed by atoms with Gasteiger partial charge < -0.3 is 39.6 Å². The zero-order valence-electron chi connectivity index (χ0n) is 27.5. The van der Waals surface area contributed by atoms with E-state index in [9.17, 15) is 14.7 Å². The largest absolute Gasteiger partial charge is 0.490 e. The number of benzene rings is 2. The molecule has 45 heavy (non-hydrogen) atoms. The van der Waals surface area contributed by atoms with E-state index in [1.165, 1.54) is 0 Å². The van der Waals surface area contributed by atoms with Gasteiger partial charge in [-0.1, -0.05) is 13.0 Å². The van der Waals surface area contributed by atoms with E-state index in [0.29, 0.717) is 43.2 Å². The van der Waals surface area contributed by atoms with Gasteiger partial charge in [0, 0.05) is 43.9 Å². The number of rotatable bonds is 8. The molecule has 0 unspecified atom stereocenters. The topological polar surface area (TPSA) is 122 Å². The Morgan fingerprint density at radius 2 is 1.82 bits per heavy atom. The number of urea groups is 1. The Labute approximate surface area is 267 Å². The molecule has 3 amide bonds. The third-order valence-corrected chi connectivity index (χ3v) is 8.11. The standard InChI is InChI=1S/C34H50N4O7/c1-22(2)35-34(41)36-27-11-13-29-28(16-27)33(40)38(24(4)20-39)17-23(3)32(42-14-8-7-9-25(5)45-29)19-37(6)18-26-10-12-30-31(15-26)44-21-43-30/h10-13,15-16,22-25,32,39H,7-9,14,17-21H2,1-6H3,(H2,35,36,41)/t23-,24+,25-,32+/m0/s1. The monoisotopic (exact) mass is 626 g/mol. The summed E-state index contributed by atoms with van der Waals surface area (Å²) in [5, 5.41) is 15.8. The minimum Gasteiger partial charge on any atom is -0.490 e. The van der Waals surface area contributed by atoms with Crippen LogP contribution in [0.25, 0.3) is 0 Å². The van der Waals surface area contributed by atoms with Crippen molar-refractivity contribution in [3.8, 4) is 17.2 Å². The second kappa shape index (κ2) is 16.1. The Bertz CT molecular complexity index is 1290. The number of hydrogen-bond acceptors (Lipinski definition) is 8. The third-order valence-electron chi connectivity index (χ3n) is 8.11. The van der Waals surface area contributed by atoms with Gasteiger partial charge in [-0.05, 0) is 89.9 Å². The summed E-state index contributed by atoms with van der Waals surface area (Å²) in [5.74, 6) is 1.65. The van der Waals surface area contributed by atoms with Crippen molar-refractivity contribution in [2.75, 3.05) is 45.5 Å². The van der Waals surface area contributed by atoms with Crippen molar-refractivity contribution >= 4 is 17.6 Å². The van der Waals surface area contributed by atoms with Crippen LogP contribution in [0.4, 0.5) is 10.5 Å². The Morgan fingerprint density at radius 3 is 2.58 bits per heavy atom. The second-order valence-corrected chi connectivity index (χ2v) is 12.6. The van der Waals surface area contributed by atoms with Crippen molar-refractivity contribution in [2.45, 2.75) is 84.7 Å². The molecule has 0 spiro atoms. The third kappa shape index (κ3) is 9.72. The minimum atomic E-state index is -0.453. The molecule has 3 N–H and O–H groups in total. The van der Waals surface area contributed by atoms with E-state index >= 15 is 0 Å². The lowest BCUT2D eigenvalue weighted by atomic mass is 10.0. The molecule has 0 saturated carbocycles. The molecule has 4 rings (SSSR count). The highest BCUT2D eigenvalue weighted by Gasteiger charge is 2.30. The Balaban J connectivity index is 1.57. The summed E-state index contributed by atoms with van der Waals surface area (Å²) >= 11 is 0. The molecule has 0 radical (unpaired) electrons. The maximum Gasteiger partial charge on any atom is 0.319 e. The van der Waals surface area contributed by atoms with Gasteiger partial charge in [0.15, 0.2) is 11.5 Å². The van der Waals surface area contributed by atoms with E-state index in [1.54, 1.807) is 23.1 Å². The van der Waals surface area contributed by atoms with Crippen LogP contribution in [0.15, 0.2) is 36.4 Å². The maximum absolute atomic E-state index is 14.3. The van der Waals surface area contributed by atoms with E-state index in [0.717, 1.165) is 36.3 Å². The summed E-state index contributed by atoms with van der Waals surface area (Å²) in [6.45, 7) is 12.0. The van der Waals surface area contributed by atoms with E-state index < -0.39 is 6.04 Å². The number of carbonyl (C=O) groups excluding carboxylic acids is 2. The molecular weight excluding hydrogens is 576 g/mol. The predicted octanol–water partition coefficient (Wildman–Crippen LogP) is 4.87. The number of aliphatic hydroxyl groups excluding tert-OH is 1. The van der Waals surface area contributed by atoms with Gasteiger partial charge in [-0.2, -0.15) is 0 Å². The fourth-order valence-corrected chi connectivity index (χ4v) is 5.61. The fourth-order valence-electron chi connectivity index (χ4n) is 5.61. The highest BCUT2D eigenvalue weighted by Crippen LogP contribution is 2.33. The molecule has 0 aromatic heterocycles. The number of nitrogens with one attached hydrogen (secondary N) is 2. The van der Waals surface area contributed by atoms with Crippen LogP contribution in [0, 0.1) is 5.92 Å². The molecule has 2 aliphatic heterocycles. The summed E-state index contributed by atoms with van der Waals surface area (Å²) in [4.78, 5) is 30.6. The van der Waals surface area contributed by atoms with Gasteiger partial charge in [-0.15, -0.1) is 0 Å². The van der Waals surface area contributed by atoms with Crippen LogP contribution >= 0.6 is 0 Å². The lowest BCUT2D eigenvalue weighted by Gasteiger charge is -2.36. The van der Waals surface area contributed by atoms with Crippen molar-refractivity contribution in [3.05, 3.63) is 47.5 Å². The Hall–Kier alpha value is -3.54. The molecule has 0 aliphatic carbocycles. The number of ether oxygens (including phenoxy) is 4. The van der Waals surface area contributed by atoms with E-state index in [4.69, 9.17) is 18.9 Å². The first-order valence-electron chi connectivity index (χ1n) is 16.0. The van der Waals surface area contributed by atoms with E-state index in [-0.39, 0.29) is 49.5 Å². The minimum absolute atomic E-state index is 0.0401. The Kier molecular flexibility index (Phi) is 12.3. The summed E-state index contributed by atoms with van der Waals surface area (Å²) in [6, 6.07) is 10.3. The van der Waals surface area contributed by atoms with Crippen LogP contribution in [0.5, 0.6) is 17.2 Å². The van der Waals surface area contributed by atoms with Crippen LogP contribution in [0.3, 0.4) is 0 Å². The number of likely N-dealkylation sites (N-methyl/N-ethyl adjacent to an activating group) is 1. The molecule has 4 atom stereocenters. The average molecular weight is 627 g/mol. The van der Waals surface area contributed by atoms with Crippen molar-refractivity contribution < 1.29 is 33.6 Å². The van der Waals surface area contributed by atoms with Crippen LogP contribution < -0.4 is 24.8 Å². The summed E-state index contributed by atoms with van der Waals surface area (Å²) in [5.41, 5.74) is 1.93. The first-order valence-corrected chi connectivity index (χ1v) is 16.0. The molecule has 0 bridgehead atoms. The number of fused-ring (bicyclic) bond motifs is 2. The molecule has 11 nitrogen and oxygen atoms in total. The normalized spacial score (nSPS) is 21.6. The molecule has 0 fully saturated rings. The van der Waals surface area contributed by atoms with Crippen molar-refractivity contribution in [1.29, 1.82) is 0 Å². The number of anilines is 1. The number of carbonyl (C=O) groups is 2. The van der Waals surface area contributed by atoms with E-state index in [1.807, 2.05) is 45.9 Å². The van der Waals surface area contributed by atoms with Gasteiger partial charge in [0.1, 0.15) is 5.75 Å². The highest BCUT2D eigenvalue weighted by atomic mass is 16.7. The van der Waals surface area contributed by atoms with Crippen molar-refractivity contribution in [1.82, 2.24) is 15.1 Å². The average Bonchev–Trinajstić information content (AvgIpc) is 3.46. The SMILES string of the molecule is CC(C)NC(=O)Nc1ccc2c(c1)C(=O)N([C@H](C)CO)C[C@H](C)[C@@H](CN(C)Cc1ccc3c(c1)OCO3)OCCCC[C@H](C)O2. The fraction of sp³-hybridized carbons (Fsp3) is 0.588. The van der Waals surface area contributed by atoms with Gasteiger partial charge in [0.2, 0.25) is 6.79 Å². The predicted molar refractivity (Wildman–Crippen MR) is 173 cm³/mol. The van der Waals surface area contributed by atoms with Gasteiger partial charge in [0.05, 0.1) is 30.4 Å².